The van der Waals surface area contributed by atoms with E-state index >= 15 is 0 Å². The average molecular weight is 423 g/mol. The Bertz CT molecular complexity index is 1040. The first kappa shape index (κ1) is 21.1. The summed E-state index contributed by atoms with van der Waals surface area (Å²) in [6.45, 7) is 2.83. The van der Waals surface area contributed by atoms with E-state index < -0.39 is 6.09 Å². The topological polar surface area (TPSA) is 74.4 Å². The fraction of sp³-hybridized carbons (Fsp3) is 0.333. The Morgan fingerprint density at radius 1 is 1.10 bits per heavy atom. The molecule has 162 valence electrons. The minimum absolute atomic E-state index is 0.0129. The second-order valence-electron chi connectivity index (χ2n) is 7.88. The van der Waals surface area contributed by atoms with Gasteiger partial charge in [-0.3, -0.25) is 10.1 Å². The number of likely N-dealkylation sites (tertiary alicyclic amines) is 1. The lowest BCUT2D eigenvalue weighted by Gasteiger charge is -2.31. The molecule has 31 heavy (non-hydrogen) atoms. The number of nitrogens with zero attached hydrogens (tertiary/aromatic N) is 1. The third-order valence-electron chi connectivity index (χ3n) is 5.74. The Morgan fingerprint density at radius 3 is 2.65 bits per heavy atom. The molecule has 7 heteroatoms. The molecule has 1 aliphatic rings. The smallest absolute Gasteiger partial charge is 0.411 e. The molecule has 0 bridgehead atoms. The molecule has 3 aromatic rings. The van der Waals surface area contributed by atoms with E-state index in [1.165, 1.54) is 12.1 Å². The fourth-order valence-corrected chi connectivity index (χ4v) is 4.01. The number of anilines is 1. The van der Waals surface area contributed by atoms with Crippen molar-refractivity contribution in [3.05, 3.63) is 66.1 Å². The highest BCUT2D eigenvalue weighted by molar-refractivity contribution is 5.97. The first-order chi connectivity index (χ1) is 15.1. The van der Waals surface area contributed by atoms with Crippen LogP contribution in [0.5, 0.6) is 0 Å². The van der Waals surface area contributed by atoms with E-state index in [1.807, 2.05) is 30.5 Å². The fourth-order valence-electron chi connectivity index (χ4n) is 4.01. The molecule has 6 nitrogen and oxygen atoms in total. The van der Waals surface area contributed by atoms with Gasteiger partial charge in [0.1, 0.15) is 5.82 Å². The second kappa shape index (κ2) is 9.75. The van der Waals surface area contributed by atoms with Crippen LogP contribution < -0.4 is 5.32 Å². The molecule has 0 radical (unpaired) electrons. The number of halogens is 1. The summed E-state index contributed by atoms with van der Waals surface area (Å²) in [7, 11) is 0. The van der Waals surface area contributed by atoms with Crippen LogP contribution in [-0.2, 0) is 4.74 Å². The third kappa shape index (κ3) is 5.49. The van der Waals surface area contributed by atoms with Gasteiger partial charge in [-0.15, -0.1) is 0 Å². The summed E-state index contributed by atoms with van der Waals surface area (Å²) in [6.07, 6.45) is 3.71. The molecule has 2 heterocycles. The van der Waals surface area contributed by atoms with Crippen LogP contribution in [-0.4, -0.2) is 48.0 Å². The normalized spacial score (nSPS) is 15.1. The van der Waals surface area contributed by atoms with Gasteiger partial charge in [0, 0.05) is 40.8 Å². The number of carbonyl (C=O) groups excluding carboxylic acids is 2. The lowest BCUT2D eigenvalue weighted by atomic mass is 9.89. The van der Waals surface area contributed by atoms with Gasteiger partial charge in [-0.05, 0) is 80.9 Å². The molecule has 1 saturated heterocycles. The minimum Gasteiger partial charge on any atom is -0.449 e. The van der Waals surface area contributed by atoms with Crippen LogP contribution in [0.25, 0.3) is 10.9 Å². The van der Waals surface area contributed by atoms with Gasteiger partial charge in [0.25, 0.3) is 0 Å². The number of aromatic nitrogens is 1. The quantitative estimate of drug-likeness (QED) is 0.421. The largest absolute Gasteiger partial charge is 0.449 e. The van der Waals surface area contributed by atoms with Gasteiger partial charge in [0.15, 0.2) is 5.78 Å². The molecule has 1 aromatic heterocycles. The number of benzene rings is 2. The van der Waals surface area contributed by atoms with Crippen LogP contribution in [0.4, 0.5) is 14.9 Å². The van der Waals surface area contributed by atoms with E-state index in [0.717, 1.165) is 49.8 Å². The molecule has 0 aliphatic carbocycles. The number of hydrogen-bond acceptors (Lipinski definition) is 4. The zero-order valence-corrected chi connectivity index (χ0v) is 17.3. The van der Waals surface area contributed by atoms with E-state index in [1.54, 1.807) is 12.1 Å². The number of ether oxygens (including phenoxy) is 1. The Hall–Kier alpha value is -3.19. The summed E-state index contributed by atoms with van der Waals surface area (Å²) in [6, 6.07) is 13.4. The minimum atomic E-state index is -0.460. The van der Waals surface area contributed by atoms with Crippen molar-refractivity contribution in [2.45, 2.75) is 19.3 Å². The van der Waals surface area contributed by atoms with Gasteiger partial charge in [0.05, 0.1) is 6.61 Å². The van der Waals surface area contributed by atoms with Crippen molar-refractivity contribution < 1.29 is 18.7 Å². The van der Waals surface area contributed by atoms with Gasteiger partial charge in [-0.2, -0.15) is 0 Å². The number of amides is 1. The van der Waals surface area contributed by atoms with Gasteiger partial charge in [-0.25, -0.2) is 9.18 Å². The molecule has 1 aliphatic heterocycles. The molecular weight excluding hydrogens is 397 g/mol. The number of Topliss-reactive ketones (excluding diaryl/α,β-unsaturated/α-hetero) is 1. The van der Waals surface area contributed by atoms with E-state index in [-0.39, 0.29) is 17.5 Å². The number of piperidine rings is 1. The van der Waals surface area contributed by atoms with Crippen molar-refractivity contribution in [1.82, 2.24) is 9.88 Å². The summed E-state index contributed by atoms with van der Waals surface area (Å²) < 4.78 is 18.3. The monoisotopic (exact) mass is 423 g/mol. The molecule has 0 saturated carbocycles. The van der Waals surface area contributed by atoms with Crippen LogP contribution in [0.3, 0.4) is 0 Å². The first-order valence-electron chi connectivity index (χ1n) is 10.6. The number of rotatable bonds is 7. The number of nitrogens with one attached hydrogen (secondary N) is 2. The molecule has 0 unspecified atom stereocenters. The lowest BCUT2D eigenvalue weighted by molar-refractivity contribution is 0.0830. The van der Waals surface area contributed by atoms with Crippen LogP contribution in [0.1, 0.15) is 29.6 Å². The third-order valence-corrected chi connectivity index (χ3v) is 5.74. The van der Waals surface area contributed by atoms with Crippen molar-refractivity contribution >= 4 is 28.5 Å². The van der Waals surface area contributed by atoms with Gasteiger partial charge in [-0.1, -0.05) is 0 Å². The molecule has 1 fully saturated rings. The molecule has 1 amide bonds. The van der Waals surface area contributed by atoms with E-state index in [2.05, 4.69) is 15.2 Å². The number of fused-ring (bicyclic) bond motifs is 1. The Labute approximate surface area is 180 Å². The molecule has 2 N–H and O–H groups in total. The highest BCUT2D eigenvalue weighted by Gasteiger charge is 2.25. The summed E-state index contributed by atoms with van der Waals surface area (Å²) in [5, 5.41) is 3.78. The maximum Gasteiger partial charge on any atom is 0.411 e. The average Bonchev–Trinajstić information content (AvgIpc) is 3.25. The highest BCUT2D eigenvalue weighted by Crippen LogP contribution is 2.22. The summed E-state index contributed by atoms with van der Waals surface area (Å²) in [5.41, 5.74) is 2.29. The Balaban J connectivity index is 1.13. The summed E-state index contributed by atoms with van der Waals surface area (Å²) >= 11 is 0. The van der Waals surface area contributed by atoms with Crippen LogP contribution in [0, 0.1) is 11.7 Å². The molecular formula is C24H26FN3O3. The van der Waals surface area contributed by atoms with Crippen molar-refractivity contribution in [3.8, 4) is 0 Å². The molecule has 4 rings (SSSR count). The van der Waals surface area contributed by atoms with Crippen LogP contribution >= 0.6 is 0 Å². The number of hydrogen-bond donors (Lipinski definition) is 2. The lowest BCUT2D eigenvalue weighted by Crippen LogP contribution is -2.37. The second-order valence-corrected chi connectivity index (χ2v) is 7.88. The predicted octanol–water partition coefficient (Wildman–Crippen LogP) is 4.84. The van der Waals surface area contributed by atoms with Crippen LogP contribution in [0.15, 0.2) is 54.7 Å². The standard InChI is InChI=1S/C24H26FN3O3/c25-20-4-2-17(3-5-20)23(29)18-9-13-28(14-10-18)12-1-15-31-24(30)27-21-6-7-22-19(16-21)8-11-26-22/h2-8,11,16,18,26H,1,9-10,12-15H2,(H,27,30). The summed E-state index contributed by atoms with van der Waals surface area (Å²) in [4.78, 5) is 29.9. The van der Waals surface area contributed by atoms with Crippen LogP contribution in [0.2, 0.25) is 0 Å². The highest BCUT2D eigenvalue weighted by atomic mass is 19.1. The predicted molar refractivity (Wildman–Crippen MR) is 118 cm³/mol. The molecule has 2 aromatic carbocycles. The molecule has 0 atom stereocenters. The van der Waals surface area contributed by atoms with Gasteiger partial charge < -0.3 is 14.6 Å². The first-order valence-corrected chi connectivity index (χ1v) is 10.6. The SMILES string of the molecule is O=C(Nc1ccc2[nH]ccc2c1)OCCCN1CCC(C(=O)c2ccc(F)cc2)CC1. The van der Waals surface area contributed by atoms with E-state index in [4.69, 9.17) is 4.74 Å². The van der Waals surface area contributed by atoms with E-state index in [9.17, 15) is 14.0 Å². The zero-order chi connectivity index (χ0) is 21.6. The maximum absolute atomic E-state index is 13.0. The number of ketones is 1. The van der Waals surface area contributed by atoms with Crippen molar-refractivity contribution in [2.75, 3.05) is 31.6 Å². The van der Waals surface area contributed by atoms with Crippen molar-refractivity contribution in [1.29, 1.82) is 0 Å². The van der Waals surface area contributed by atoms with Crippen molar-refractivity contribution in [3.63, 3.8) is 0 Å². The van der Waals surface area contributed by atoms with Gasteiger partial charge in [0.2, 0.25) is 0 Å². The van der Waals surface area contributed by atoms with Crippen molar-refractivity contribution in [2.24, 2.45) is 5.92 Å². The number of carbonyl (C=O) groups is 2. The van der Waals surface area contributed by atoms with E-state index in [0.29, 0.717) is 17.9 Å². The Kier molecular flexibility index (Phi) is 6.62. The van der Waals surface area contributed by atoms with Gasteiger partial charge >= 0.3 is 6.09 Å². The number of aromatic amines is 1. The Morgan fingerprint density at radius 2 is 1.87 bits per heavy atom. The number of H-pyrrole nitrogens is 1. The summed E-state index contributed by atoms with van der Waals surface area (Å²) in [5.74, 6) is -0.248. The maximum atomic E-state index is 13.0. The molecule has 0 spiro atoms. The zero-order valence-electron chi connectivity index (χ0n) is 17.3.